The number of pyridine rings is 1. The van der Waals surface area contributed by atoms with Gasteiger partial charge < -0.3 is 10.6 Å². The summed E-state index contributed by atoms with van der Waals surface area (Å²) in [4.78, 5) is 9.00. The molecule has 1 aromatic rings. The lowest BCUT2D eigenvalue weighted by molar-refractivity contribution is 0.0883. The SMILES string of the molecule is CCC1CN(Cc2ccnc(C(=N)N)c2)CCN1C. The second-order valence-corrected chi connectivity index (χ2v) is 5.24. The Morgan fingerprint density at radius 3 is 3.00 bits per heavy atom. The Morgan fingerprint density at radius 1 is 1.53 bits per heavy atom. The van der Waals surface area contributed by atoms with Crippen molar-refractivity contribution < 1.29 is 0 Å². The van der Waals surface area contributed by atoms with Gasteiger partial charge in [-0.05, 0) is 31.2 Å². The van der Waals surface area contributed by atoms with Gasteiger partial charge in [-0.15, -0.1) is 0 Å². The fraction of sp³-hybridized carbons (Fsp3) is 0.571. The zero-order valence-corrected chi connectivity index (χ0v) is 11.8. The summed E-state index contributed by atoms with van der Waals surface area (Å²) in [5.41, 5.74) is 7.23. The fourth-order valence-corrected chi connectivity index (χ4v) is 2.57. The van der Waals surface area contributed by atoms with Gasteiger partial charge in [-0.3, -0.25) is 15.3 Å². The van der Waals surface area contributed by atoms with Gasteiger partial charge in [0.05, 0.1) is 0 Å². The first-order chi connectivity index (χ1) is 9.10. The van der Waals surface area contributed by atoms with Crippen molar-refractivity contribution in [1.29, 1.82) is 5.41 Å². The van der Waals surface area contributed by atoms with Crippen molar-refractivity contribution in [3.63, 3.8) is 0 Å². The lowest BCUT2D eigenvalue weighted by Gasteiger charge is -2.39. The van der Waals surface area contributed by atoms with Gasteiger partial charge in [0.15, 0.2) is 0 Å². The molecule has 0 aliphatic carbocycles. The summed E-state index contributed by atoms with van der Waals surface area (Å²) in [5.74, 6) is 0.0339. The van der Waals surface area contributed by atoms with Crippen LogP contribution in [0.3, 0.4) is 0 Å². The van der Waals surface area contributed by atoms with Crippen LogP contribution in [0, 0.1) is 5.41 Å². The summed E-state index contributed by atoms with van der Waals surface area (Å²) in [5, 5.41) is 7.43. The van der Waals surface area contributed by atoms with Crippen LogP contribution < -0.4 is 5.73 Å². The molecular formula is C14H23N5. The minimum atomic E-state index is 0.0339. The van der Waals surface area contributed by atoms with Crippen molar-refractivity contribution in [2.45, 2.75) is 25.9 Å². The van der Waals surface area contributed by atoms with Crippen LogP contribution in [-0.2, 0) is 6.54 Å². The normalized spacial score (nSPS) is 21.5. The standard InChI is InChI=1S/C14H23N5/c1-3-12-10-19(7-6-18(12)2)9-11-4-5-17-13(8-11)14(15)16/h4-5,8,12H,3,6-7,9-10H2,1-2H3,(H3,15,16). The summed E-state index contributed by atoms with van der Waals surface area (Å²) >= 11 is 0. The van der Waals surface area contributed by atoms with Gasteiger partial charge in [0, 0.05) is 38.4 Å². The van der Waals surface area contributed by atoms with Gasteiger partial charge >= 0.3 is 0 Å². The summed E-state index contributed by atoms with van der Waals surface area (Å²) in [6, 6.07) is 4.57. The van der Waals surface area contributed by atoms with E-state index in [9.17, 15) is 0 Å². The maximum atomic E-state index is 7.43. The van der Waals surface area contributed by atoms with Crippen LogP contribution in [0.25, 0.3) is 0 Å². The Morgan fingerprint density at radius 2 is 2.32 bits per heavy atom. The van der Waals surface area contributed by atoms with Crippen molar-refractivity contribution >= 4 is 5.84 Å². The molecular weight excluding hydrogens is 238 g/mol. The molecule has 0 spiro atoms. The van der Waals surface area contributed by atoms with Crippen LogP contribution in [0.2, 0.25) is 0 Å². The van der Waals surface area contributed by atoms with E-state index in [-0.39, 0.29) is 5.84 Å². The molecule has 2 heterocycles. The predicted molar refractivity (Wildman–Crippen MR) is 77.2 cm³/mol. The highest BCUT2D eigenvalue weighted by Gasteiger charge is 2.22. The summed E-state index contributed by atoms with van der Waals surface area (Å²) in [7, 11) is 2.20. The number of nitrogen functional groups attached to an aromatic ring is 1. The number of rotatable bonds is 4. The Labute approximate surface area is 114 Å². The molecule has 1 atom stereocenters. The molecule has 1 aliphatic heterocycles. The van der Waals surface area contributed by atoms with Gasteiger partial charge in [0.1, 0.15) is 11.5 Å². The quantitative estimate of drug-likeness (QED) is 0.624. The fourth-order valence-electron chi connectivity index (χ4n) is 2.57. The third-order valence-corrected chi connectivity index (χ3v) is 3.84. The predicted octanol–water partition coefficient (Wildman–Crippen LogP) is 0.892. The Bertz CT molecular complexity index is 445. The van der Waals surface area contributed by atoms with E-state index in [0.717, 1.165) is 26.2 Å². The molecule has 1 aliphatic rings. The van der Waals surface area contributed by atoms with E-state index in [1.54, 1.807) is 6.20 Å². The number of piperazine rings is 1. The highest BCUT2D eigenvalue weighted by Crippen LogP contribution is 2.14. The molecule has 0 radical (unpaired) electrons. The van der Waals surface area contributed by atoms with E-state index in [1.165, 1.54) is 12.0 Å². The number of nitrogens with one attached hydrogen (secondary N) is 1. The van der Waals surface area contributed by atoms with Crippen molar-refractivity contribution in [2.75, 3.05) is 26.7 Å². The summed E-state index contributed by atoms with van der Waals surface area (Å²) < 4.78 is 0. The highest BCUT2D eigenvalue weighted by molar-refractivity contribution is 5.93. The molecule has 3 N–H and O–H groups in total. The number of nitrogens with two attached hydrogens (primary N) is 1. The van der Waals surface area contributed by atoms with Gasteiger partial charge in [-0.25, -0.2) is 0 Å². The lowest BCUT2D eigenvalue weighted by atomic mass is 10.1. The monoisotopic (exact) mass is 261 g/mol. The van der Waals surface area contributed by atoms with Crippen LogP contribution in [0.15, 0.2) is 18.3 Å². The van der Waals surface area contributed by atoms with E-state index in [4.69, 9.17) is 11.1 Å². The van der Waals surface area contributed by atoms with Gasteiger partial charge in [0.2, 0.25) is 0 Å². The molecule has 19 heavy (non-hydrogen) atoms. The van der Waals surface area contributed by atoms with Crippen molar-refractivity contribution in [1.82, 2.24) is 14.8 Å². The molecule has 0 amide bonds. The number of hydrogen-bond acceptors (Lipinski definition) is 4. The van der Waals surface area contributed by atoms with E-state index >= 15 is 0 Å². The molecule has 1 unspecified atom stereocenters. The molecule has 2 rings (SSSR count). The molecule has 0 saturated carbocycles. The van der Waals surface area contributed by atoms with Crippen molar-refractivity contribution in [3.05, 3.63) is 29.6 Å². The molecule has 5 nitrogen and oxygen atoms in total. The lowest BCUT2D eigenvalue weighted by Crippen LogP contribution is -2.50. The smallest absolute Gasteiger partial charge is 0.141 e. The molecule has 1 fully saturated rings. The average Bonchev–Trinajstić information content (AvgIpc) is 2.41. The topological polar surface area (TPSA) is 69.2 Å². The number of nitrogens with zero attached hydrogens (tertiary/aromatic N) is 3. The average molecular weight is 261 g/mol. The third kappa shape index (κ3) is 3.52. The second kappa shape index (κ2) is 6.12. The van der Waals surface area contributed by atoms with Gasteiger partial charge in [-0.2, -0.15) is 0 Å². The molecule has 1 saturated heterocycles. The second-order valence-electron chi connectivity index (χ2n) is 5.24. The molecule has 1 aromatic heterocycles. The minimum Gasteiger partial charge on any atom is -0.382 e. The third-order valence-electron chi connectivity index (χ3n) is 3.84. The number of aromatic nitrogens is 1. The first kappa shape index (κ1) is 14.0. The summed E-state index contributed by atoms with van der Waals surface area (Å²) in [6.45, 7) is 6.46. The van der Waals surface area contributed by atoms with Crippen LogP contribution in [0.5, 0.6) is 0 Å². The Kier molecular flexibility index (Phi) is 4.50. The minimum absolute atomic E-state index is 0.0339. The number of amidine groups is 1. The first-order valence-electron chi connectivity index (χ1n) is 6.82. The summed E-state index contributed by atoms with van der Waals surface area (Å²) in [6.07, 6.45) is 2.92. The van der Waals surface area contributed by atoms with Gasteiger partial charge in [0.25, 0.3) is 0 Å². The zero-order valence-electron chi connectivity index (χ0n) is 11.8. The Balaban J connectivity index is 2.01. The highest BCUT2D eigenvalue weighted by atomic mass is 15.3. The molecule has 5 heteroatoms. The maximum absolute atomic E-state index is 7.43. The van der Waals surface area contributed by atoms with E-state index in [2.05, 4.69) is 28.8 Å². The largest absolute Gasteiger partial charge is 0.382 e. The number of hydrogen-bond donors (Lipinski definition) is 2. The van der Waals surface area contributed by atoms with Gasteiger partial charge in [-0.1, -0.05) is 6.92 Å². The van der Waals surface area contributed by atoms with E-state index in [1.807, 2.05) is 12.1 Å². The van der Waals surface area contributed by atoms with E-state index < -0.39 is 0 Å². The molecule has 0 aromatic carbocycles. The maximum Gasteiger partial charge on any atom is 0.141 e. The van der Waals surface area contributed by atoms with Crippen LogP contribution >= 0.6 is 0 Å². The Hall–Kier alpha value is -1.46. The van der Waals surface area contributed by atoms with Crippen LogP contribution in [-0.4, -0.2) is 53.3 Å². The zero-order chi connectivity index (χ0) is 13.8. The van der Waals surface area contributed by atoms with Crippen molar-refractivity contribution in [3.8, 4) is 0 Å². The van der Waals surface area contributed by atoms with Crippen molar-refractivity contribution in [2.24, 2.45) is 5.73 Å². The van der Waals surface area contributed by atoms with Crippen LogP contribution in [0.4, 0.5) is 0 Å². The van der Waals surface area contributed by atoms with E-state index in [0.29, 0.717) is 11.7 Å². The first-order valence-corrected chi connectivity index (χ1v) is 6.82. The number of likely N-dealkylation sites (N-methyl/N-ethyl adjacent to an activating group) is 1. The molecule has 0 bridgehead atoms. The van der Waals surface area contributed by atoms with Crippen LogP contribution in [0.1, 0.15) is 24.6 Å². The molecule has 104 valence electrons.